The Hall–Kier alpha value is -1.57. The summed E-state index contributed by atoms with van der Waals surface area (Å²) in [5, 5.41) is 4.97. The number of fused-ring (bicyclic) bond motifs is 1. The molecule has 2 aromatic rings. The molecule has 1 aliphatic carbocycles. The van der Waals surface area contributed by atoms with Crippen LogP contribution in [0.15, 0.2) is 36.5 Å². The van der Waals surface area contributed by atoms with Crippen molar-refractivity contribution >= 4 is 16.6 Å². The summed E-state index contributed by atoms with van der Waals surface area (Å²) in [5.74, 6) is 0.769. The van der Waals surface area contributed by atoms with E-state index in [9.17, 15) is 0 Å². The van der Waals surface area contributed by atoms with Crippen LogP contribution in [0.1, 0.15) is 32.6 Å². The van der Waals surface area contributed by atoms with E-state index in [1.165, 1.54) is 36.8 Å². The number of hydrogen-bond acceptors (Lipinski definition) is 2. The van der Waals surface area contributed by atoms with E-state index in [4.69, 9.17) is 0 Å². The fourth-order valence-corrected chi connectivity index (χ4v) is 2.96. The molecule has 94 valence electrons. The molecule has 3 rings (SSSR count). The molecular formula is C16H20N2. The monoisotopic (exact) mass is 240 g/mol. The number of anilines is 1. The minimum Gasteiger partial charge on any atom is -0.381 e. The topological polar surface area (TPSA) is 24.9 Å². The van der Waals surface area contributed by atoms with Crippen LogP contribution >= 0.6 is 0 Å². The van der Waals surface area contributed by atoms with E-state index in [0.29, 0.717) is 6.04 Å². The highest BCUT2D eigenvalue weighted by Crippen LogP contribution is 2.29. The Morgan fingerprint density at radius 1 is 1.11 bits per heavy atom. The molecule has 1 fully saturated rings. The van der Waals surface area contributed by atoms with Gasteiger partial charge in [-0.3, -0.25) is 4.98 Å². The molecule has 0 spiro atoms. The fourth-order valence-electron chi connectivity index (χ4n) is 2.96. The van der Waals surface area contributed by atoms with Crippen molar-refractivity contribution in [3.8, 4) is 0 Å². The molecule has 1 heterocycles. The highest BCUT2D eigenvalue weighted by Gasteiger charge is 2.21. The van der Waals surface area contributed by atoms with E-state index in [2.05, 4.69) is 41.5 Å². The van der Waals surface area contributed by atoms with Gasteiger partial charge in [-0.25, -0.2) is 0 Å². The molecule has 1 saturated carbocycles. The Bertz CT molecular complexity index is 530. The van der Waals surface area contributed by atoms with Crippen LogP contribution in [0.25, 0.3) is 10.9 Å². The molecule has 0 saturated heterocycles. The Labute approximate surface area is 108 Å². The number of pyridine rings is 1. The molecule has 1 N–H and O–H groups in total. The maximum atomic E-state index is 4.41. The Morgan fingerprint density at radius 3 is 2.89 bits per heavy atom. The lowest BCUT2D eigenvalue weighted by Gasteiger charge is -2.30. The summed E-state index contributed by atoms with van der Waals surface area (Å²) in [4.78, 5) is 4.41. The fraction of sp³-hybridized carbons (Fsp3) is 0.438. The average molecular weight is 240 g/mol. The van der Waals surface area contributed by atoms with Crippen LogP contribution in [-0.2, 0) is 0 Å². The molecule has 1 aliphatic rings. The van der Waals surface area contributed by atoms with Crippen molar-refractivity contribution in [1.82, 2.24) is 4.98 Å². The first-order valence-corrected chi connectivity index (χ1v) is 6.95. The van der Waals surface area contributed by atoms with Gasteiger partial charge in [0.2, 0.25) is 0 Å². The largest absolute Gasteiger partial charge is 0.381 e. The zero-order valence-corrected chi connectivity index (χ0v) is 10.9. The van der Waals surface area contributed by atoms with Crippen molar-refractivity contribution in [3.05, 3.63) is 36.5 Å². The molecular weight excluding hydrogens is 220 g/mol. The SMILES string of the molecule is CC1CCCCC1Nc1cccc2ncccc12. The molecule has 0 aliphatic heterocycles. The summed E-state index contributed by atoms with van der Waals surface area (Å²) < 4.78 is 0. The summed E-state index contributed by atoms with van der Waals surface area (Å²) in [7, 11) is 0. The summed E-state index contributed by atoms with van der Waals surface area (Å²) in [6, 6.07) is 11.1. The molecule has 1 aromatic heterocycles. The smallest absolute Gasteiger partial charge is 0.0722 e. The van der Waals surface area contributed by atoms with Crippen LogP contribution in [0, 0.1) is 5.92 Å². The molecule has 2 unspecified atom stereocenters. The van der Waals surface area contributed by atoms with Gasteiger partial charge < -0.3 is 5.32 Å². The van der Waals surface area contributed by atoms with E-state index in [0.717, 1.165) is 11.4 Å². The van der Waals surface area contributed by atoms with E-state index in [-0.39, 0.29) is 0 Å². The van der Waals surface area contributed by atoms with E-state index in [1.807, 2.05) is 12.3 Å². The number of benzene rings is 1. The second-order valence-corrected chi connectivity index (χ2v) is 5.39. The summed E-state index contributed by atoms with van der Waals surface area (Å²) in [6.45, 7) is 2.36. The van der Waals surface area contributed by atoms with Crippen molar-refractivity contribution in [2.45, 2.75) is 38.6 Å². The lowest BCUT2D eigenvalue weighted by molar-refractivity contribution is 0.350. The third kappa shape index (κ3) is 2.20. The van der Waals surface area contributed by atoms with Gasteiger partial charge in [0, 0.05) is 23.3 Å². The van der Waals surface area contributed by atoms with Gasteiger partial charge in [0.25, 0.3) is 0 Å². The molecule has 0 amide bonds. The van der Waals surface area contributed by atoms with Crippen LogP contribution in [0.5, 0.6) is 0 Å². The van der Waals surface area contributed by atoms with Crippen molar-refractivity contribution in [2.75, 3.05) is 5.32 Å². The van der Waals surface area contributed by atoms with Crippen molar-refractivity contribution in [1.29, 1.82) is 0 Å². The quantitative estimate of drug-likeness (QED) is 0.850. The first-order valence-electron chi connectivity index (χ1n) is 6.95. The number of nitrogens with one attached hydrogen (secondary N) is 1. The first kappa shape index (κ1) is 11.5. The lowest BCUT2D eigenvalue weighted by Crippen LogP contribution is -2.30. The van der Waals surface area contributed by atoms with E-state index >= 15 is 0 Å². The highest BCUT2D eigenvalue weighted by molar-refractivity contribution is 5.91. The summed E-state index contributed by atoms with van der Waals surface area (Å²) in [6.07, 6.45) is 7.23. The first-order chi connectivity index (χ1) is 8.84. The molecule has 1 aromatic carbocycles. The van der Waals surface area contributed by atoms with Gasteiger partial charge in [-0.15, -0.1) is 0 Å². The van der Waals surface area contributed by atoms with Gasteiger partial charge in [0.05, 0.1) is 5.52 Å². The summed E-state index contributed by atoms with van der Waals surface area (Å²) >= 11 is 0. The van der Waals surface area contributed by atoms with Gasteiger partial charge in [-0.1, -0.05) is 25.8 Å². The third-order valence-corrected chi connectivity index (χ3v) is 4.10. The van der Waals surface area contributed by atoms with E-state index in [1.54, 1.807) is 0 Å². The number of hydrogen-bond donors (Lipinski definition) is 1. The number of aromatic nitrogens is 1. The molecule has 0 bridgehead atoms. The molecule has 2 heteroatoms. The van der Waals surface area contributed by atoms with Gasteiger partial charge in [-0.2, -0.15) is 0 Å². The van der Waals surface area contributed by atoms with Crippen molar-refractivity contribution in [2.24, 2.45) is 5.92 Å². The van der Waals surface area contributed by atoms with Gasteiger partial charge in [0.1, 0.15) is 0 Å². The minimum atomic E-state index is 0.615. The maximum absolute atomic E-state index is 4.41. The lowest BCUT2D eigenvalue weighted by atomic mass is 9.85. The molecule has 2 atom stereocenters. The zero-order valence-electron chi connectivity index (χ0n) is 10.9. The second-order valence-electron chi connectivity index (χ2n) is 5.39. The highest BCUT2D eigenvalue weighted by atomic mass is 14.9. The number of nitrogens with zero attached hydrogens (tertiary/aromatic N) is 1. The van der Waals surface area contributed by atoms with Crippen molar-refractivity contribution in [3.63, 3.8) is 0 Å². The van der Waals surface area contributed by atoms with Crippen LogP contribution < -0.4 is 5.32 Å². The van der Waals surface area contributed by atoms with Crippen LogP contribution in [0.2, 0.25) is 0 Å². The van der Waals surface area contributed by atoms with Crippen molar-refractivity contribution < 1.29 is 0 Å². The van der Waals surface area contributed by atoms with Gasteiger partial charge in [0.15, 0.2) is 0 Å². The normalized spacial score (nSPS) is 24.1. The Kier molecular flexibility index (Phi) is 3.18. The number of rotatable bonds is 2. The minimum absolute atomic E-state index is 0.615. The zero-order chi connectivity index (χ0) is 12.4. The van der Waals surface area contributed by atoms with Crippen LogP contribution in [0.4, 0.5) is 5.69 Å². The van der Waals surface area contributed by atoms with Gasteiger partial charge >= 0.3 is 0 Å². The van der Waals surface area contributed by atoms with E-state index < -0.39 is 0 Å². The predicted octanol–water partition coefficient (Wildman–Crippen LogP) is 4.23. The molecule has 0 radical (unpaired) electrons. The van der Waals surface area contributed by atoms with Crippen LogP contribution in [-0.4, -0.2) is 11.0 Å². The molecule has 2 nitrogen and oxygen atoms in total. The standard InChI is InChI=1S/C16H20N2/c1-12-6-2-3-8-14(12)18-16-10-4-9-15-13(16)7-5-11-17-15/h4-5,7,9-12,14,18H,2-3,6,8H2,1H3. The van der Waals surface area contributed by atoms with Gasteiger partial charge in [-0.05, 0) is 43.0 Å². The maximum Gasteiger partial charge on any atom is 0.0722 e. The Morgan fingerprint density at radius 2 is 2.00 bits per heavy atom. The molecule has 18 heavy (non-hydrogen) atoms. The Balaban J connectivity index is 1.90. The average Bonchev–Trinajstić information content (AvgIpc) is 2.42. The third-order valence-electron chi connectivity index (χ3n) is 4.10. The predicted molar refractivity (Wildman–Crippen MR) is 76.8 cm³/mol. The van der Waals surface area contributed by atoms with Crippen LogP contribution in [0.3, 0.4) is 0 Å². The second kappa shape index (κ2) is 4.97. The summed E-state index contributed by atoms with van der Waals surface area (Å²) in [5.41, 5.74) is 2.31.